The van der Waals surface area contributed by atoms with Crippen LogP contribution in [0.25, 0.3) is 0 Å². The van der Waals surface area contributed by atoms with Crippen molar-refractivity contribution in [3.8, 4) is 5.75 Å². The smallest absolute Gasteiger partial charge is 0.387 e. The van der Waals surface area contributed by atoms with Crippen molar-refractivity contribution in [3.63, 3.8) is 0 Å². The highest BCUT2D eigenvalue weighted by Crippen LogP contribution is 2.16. The van der Waals surface area contributed by atoms with E-state index in [1.807, 2.05) is 0 Å². The topological polar surface area (TPSA) is 41.6 Å². The van der Waals surface area contributed by atoms with E-state index in [1.165, 1.54) is 12.1 Å². The van der Waals surface area contributed by atoms with Crippen molar-refractivity contribution in [2.75, 3.05) is 20.1 Å². The predicted octanol–water partition coefficient (Wildman–Crippen LogP) is 1.65. The van der Waals surface area contributed by atoms with E-state index in [4.69, 9.17) is 0 Å². The summed E-state index contributed by atoms with van der Waals surface area (Å²) in [6.07, 6.45) is 1.23. The molecular formula is C14H18F2N2O2. The number of alkyl halides is 2. The predicted molar refractivity (Wildman–Crippen MR) is 70.8 cm³/mol. The maximum atomic E-state index is 12.1. The monoisotopic (exact) mass is 284 g/mol. The van der Waals surface area contributed by atoms with Gasteiger partial charge in [-0.05, 0) is 30.7 Å². The summed E-state index contributed by atoms with van der Waals surface area (Å²) in [6, 6.07) is 6.41. The Morgan fingerprint density at radius 2 is 2.15 bits per heavy atom. The molecule has 20 heavy (non-hydrogen) atoms. The van der Waals surface area contributed by atoms with Crippen LogP contribution in [0.2, 0.25) is 0 Å². The van der Waals surface area contributed by atoms with E-state index < -0.39 is 6.61 Å². The summed E-state index contributed by atoms with van der Waals surface area (Å²) >= 11 is 0. The lowest BCUT2D eigenvalue weighted by molar-refractivity contribution is -0.130. The zero-order valence-electron chi connectivity index (χ0n) is 11.3. The van der Waals surface area contributed by atoms with Crippen LogP contribution in [-0.2, 0) is 11.2 Å². The molecule has 2 rings (SSSR count). The molecule has 1 aromatic carbocycles. The molecule has 1 aliphatic heterocycles. The van der Waals surface area contributed by atoms with Crippen molar-refractivity contribution in [2.45, 2.75) is 25.5 Å². The summed E-state index contributed by atoms with van der Waals surface area (Å²) in [6.45, 7) is -1.07. The Morgan fingerprint density at radius 3 is 2.70 bits per heavy atom. The molecule has 0 spiro atoms. The lowest BCUT2D eigenvalue weighted by atomic mass is 10.1. The van der Waals surface area contributed by atoms with Crippen LogP contribution in [0.3, 0.4) is 0 Å². The number of ether oxygens (including phenoxy) is 1. The molecular weight excluding hydrogens is 266 g/mol. The number of hydrogen-bond acceptors (Lipinski definition) is 3. The Bertz CT molecular complexity index is 445. The van der Waals surface area contributed by atoms with Gasteiger partial charge in [-0.3, -0.25) is 4.79 Å². The Balaban J connectivity index is 1.90. The van der Waals surface area contributed by atoms with E-state index >= 15 is 0 Å². The molecule has 1 atom stereocenters. The zero-order valence-corrected chi connectivity index (χ0v) is 11.3. The molecule has 1 heterocycles. The number of carbonyl (C=O) groups is 1. The van der Waals surface area contributed by atoms with Gasteiger partial charge in [-0.1, -0.05) is 12.1 Å². The highest BCUT2D eigenvalue weighted by atomic mass is 19.3. The average molecular weight is 284 g/mol. The summed E-state index contributed by atoms with van der Waals surface area (Å²) in [5, 5.41) is 3.22. The number of hydrogen-bond donors (Lipinski definition) is 1. The average Bonchev–Trinajstić information content (AvgIpc) is 2.93. The van der Waals surface area contributed by atoms with E-state index in [1.54, 1.807) is 24.1 Å². The van der Waals surface area contributed by atoms with Gasteiger partial charge in [0.1, 0.15) is 5.75 Å². The Morgan fingerprint density at radius 1 is 1.45 bits per heavy atom. The molecule has 0 radical (unpaired) electrons. The second kappa shape index (κ2) is 6.65. The van der Waals surface area contributed by atoms with Crippen molar-refractivity contribution in [1.29, 1.82) is 0 Å². The van der Waals surface area contributed by atoms with E-state index in [0.29, 0.717) is 0 Å². The summed E-state index contributed by atoms with van der Waals surface area (Å²) in [7, 11) is 1.80. The third-order valence-electron chi connectivity index (χ3n) is 3.48. The van der Waals surface area contributed by atoms with E-state index in [9.17, 15) is 13.6 Å². The normalized spacial score (nSPS) is 18.3. The fourth-order valence-electron chi connectivity index (χ4n) is 2.26. The minimum absolute atomic E-state index is 0.0289. The first-order chi connectivity index (χ1) is 9.56. The molecule has 110 valence electrons. The largest absolute Gasteiger partial charge is 0.435 e. The molecule has 1 fully saturated rings. The Kier molecular flexibility index (Phi) is 4.89. The van der Waals surface area contributed by atoms with E-state index in [0.717, 1.165) is 25.1 Å². The molecule has 1 unspecified atom stereocenters. The highest BCUT2D eigenvalue weighted by Gasteiger charge is 2.22. The second-order valence-corrected chi connectivity index (χ2v) is 4.85. The van der Waals surface area contributed by atoms with Gasteiger partial charge < -0.3 is 15.0 Å². The van der Waals surface area contributed by atoms with Crippen molar-refractivity contribution in [2.24, 2.45) is 0 Å². The van der Waals surface area contributed by atoms with E-state index in [-0.39, 0.29) is 24.1 Å². The Hall–Kier alpha value is -1.69. The van der Waals surface area contributed by atoms with Gasteiger partial charge in [0, 0.05) is 19.6 Å². The van der Waals surface area contributed by atoms with Gasteiger partial charge in [-0.15, -0.1) is 0 Å². The molecule has 1 amide bonds. The highest BCUT2D eigenvalue weighted by molar-refractivity contribution is 5.78. The summed E-state index contributed by atoms with van der Waals surface area (Å²) in [5.74, 6) is 0.130. The van der Waals surface area contributed by atoms with Crippen molar-refractivity contribution in [1.82, 2.24) is 10.2 Å². The number of halogens is 2. The Labute approximate surface area is 116 Å². The minimum atomic E-state index is -2.83. The van der Waals surface area contributed by atoms with Gasteiger partial charge in [0.15, 0.2) is 0 Å². The maximum Gasteiger partial charge on any atom is 0.387 e. The van der Waals surface area contributed by atoms with Gasteiger partial charge in [0.05, 0.1) is 6.42 Å². The first-order valence-electron chi connectivity index (χ1n) is 6.56. The summed E-state index contributed by atoms with van der Waals surface area (Å²) in [4.78, 5) is 13.9. The first kappa shape index (κ1) is 14.7. The SMILES string of the molecule is CN(C(=O)Cc1ccc(OC(F)F)cc1)C1CCNC1. The number of nitrogens with one attached hydrogen (secondary N) is 1. The maximum absolute atomic E-state index is 12.1. The molecule has 0 bridgehead atoms. The quantitative estimate of drug-likeness (QED) is 0.894. The number of carbonyl (C=O) groups excluding carboxylic acids is 1. The van der Waals surface area contributed by atoms with Crippen LogP contribution in [0.15, 0.2) is 24.3 Å². The summed E-state index contributed by atoms with van der Waals surface area (Å²) in [5.41, 5.74) is 0.787. The zero-order chi connectivity index (χ0) is 14.5. The summed E-state index contributed by atoms with van der Waals surface area (Å²) < 4.78 is 28.3. The molecule has 1 aliphatic rings. The third kappa shape index (κ3) is 3.90. The van der Waals surface area contributed by atoms with Crippen LogP contribution >= 0.6 is 0 Å². The van der Waals surface area contributed by atoms with Gasteiger partial charge in [-0.25, -0.2) is 0 Å². The van der Waals surface area contributed by atoms with Crippen LogP contribution in [0, 0.1) is 0 Å². The molecule has 0 aliphatic carbocycles. The second-order valence-electron chi connectivity index (χ2n) is 4.85. The van der Waals surface area contributed by atoms with Crippen LogP contribution in [0.4, 0.5) is 8.78 Å². The molecule has 1 saturated heterocycles. The standard InChI is InChI=1S/C14H18F2N2O2/c1-18(11-6-7-17-9-11)13(19)8-10-2-4-12(5-3-10)20-14(15)16/h2-5,11,14,17H,6-9H2,1H3. The third-order valence-corrected chi connectivity index (χ3v) is 3.48. The van der Waals surface area contributed by atoms with Gasteiger partial charge in [0.2, 0.25) is 5.91 Å². The molecule has 4 nitrogen and oxygen atoms in total. The molecule has 1 N–H and O–H groups in total. The number of amides is 1. The fourth-order valence-corrected chi connectivity index (χ4v) is 2.26. The van der Waals surface area contributed by atoms with Gasteiger partial charge in [0.25, 0.3) is 0 Å². The molecule has 6 heteroatoms. The molecule has 1 aromatic rings. The fraction of sp³-hybridized carbons (Fsp3) is 0.500. The van der Waals surface area contributed by atoms with Crippen LogP contribution in [-0.4, -0.2) is 43.6 Å². The van der Waals surface area contributed by atoms with Crippen molar-refractivity contribution >= 4 is 5.91 Å². The van der Waals surface area contributed by atoms with Crippen LogP contribution in [0.1, 0.15) is 12.0 Å². The molecule has 0 aromatic heterocycles. The van der Waals surface area contributed by atoms with Gasteiger partial charge >= 0.3 is 6.61 Å². The number of rotatable bonds is 5. The van der Waals surface area contributed by atoms with Gasteiger partial charge in [-0.2, -0.15) is 8.78 Å². The number of nitrogens with zero attached hydrogens (tertiary/aromatic N) is 1. The lowest BCUT2D eigenvalue weighted by Gasteiger charge is -2.23. The minimum Gasteiger partial charge on any atom is -0.435 e. The van der Waals surface area contributed by atoms with E-state index in [2.05, 4.69) is 10.1 Å². The lowest BCUT2D eigenvalue weighted by Crippen LogP contribution is -2.39. The molecule has 0 saturated carbocycles. The van der Waals surface area contributed by atoms with Crippen LogP contribution in [0.5, 0.6) is 5.75 Å². The number of likely N-dealkylation sites (N-methyl/N-ethyl adjacent to an activating group) is 1. The van der Waals surface area contributed by atoms with Crippen LogP contribution < -0.4 is 10.1 Å². The van der Waals surface area contributed by atoms with Crippen molar-refractivity contribution in [3.05, 3.63) is 29.8 Å². The van der Waals surface area contributed by atoms with Crippen molar-refractivity contribution < 1.29 is 18.3 Å². The first-order valence-corrected chi connectivity index (χ1v) is 6.56. The number of benzene rings is 1.